The molecule has 20 heavy (non-hydrogen) atoms. The number of nitrogens with one attached hydrogen (secondary N) is 2. The molecule has 0 aromatic heterocycles. The number of carbonyl (C=O) groups excluding carboxylic acids is 1. The summed E-state index contributed by atoms with van der Waals surface area (Å²) in [6, 6.07) is 5.98. The first-order chi connectivity index (χ1) is 9.63. The molecule has 1 aromatic carbocycles. The van der Waals surface area contributed by atoms with Crippen LogP contribution in [0.1, 0.15) is 19.8 Å². The standard InChI is InChI=1S/C15H21FN2O2/c1-11(20-14-4-2-3-13(16)7-14)8-18-15(19)10-17-9-12-5-6-12/h2-4,7,11-12,17H,5-6,8-10H2,1H3,(H,18,19). The normalized spacial score (nSPS) is 15.7. The zero-order chi connectivity index (χ0) is 14.4. The van der Waals surface area contributed by atoms with Crippen LogP contribution in [0.2, 0.25) is 0 Å². The summed E-state index contributed by atoms with van der Waals surface area (Å²) in [6.45, 7) is 3.50. The Kier molecular flexibility index (Phi) is 5.35. The van der Waals surface area contributed by atoms with E-state index in [1.54, 1.807) is 12.1 Å². The smallest absolute Gasteiger partial charge is 0.234 e. The van der Waals surface area contributed by atoms with Crippen molar-refractivity contribution in [3.63, 3.8) is 0 Å². The zero-order valence-corrected chi connectivity index (χ0v) is 11.7. The van der Waals surface area contributed by atoms with E-state index in [9.17, 15) is 9.18 Å². The lowest BCUT2D eigenvalue weighted by atomic mass is 10.3. The Morgan fingerprint density at radius 3 is 3.00 bits per heavy atom. The van der Waals surface area contributed by atoms with Crippen molar-refractivity contribution in [2.75, 3.05) is 19.6 Å². The highest BCUT2D eigenvalue weighted by molar-refractivity contribution is 5.77. The van der Waals surface area contributed by atoms with Crippen LogP contribution in [0.3, 0.4) is 0 Å². The number of ether oxygens (including phenoxy) is 1. The molecule has 0 spiro atoms. The molecule has 0 aliphatic heterocycles. The molecule has 0 heterocycles. The van der Waals surface area contributed by atoms with Crippen LogP contribution in [-0.2, 0) is 4.79 Å². The lowest BCUT2D eigenvalue weighted by molar-refractivity contribution is -0.120. The lowest BCUT2D eigenvalue weighted by Crippen LogP contribution is -2.39. The van der Waals surface area contributed by atoms with Gasteiger partial charge in [-0.15, -0.1) is 0 Å². The van der Waals surface area contributed by atoms with Crippen LogP contribution in [0.25, 0.3) is 0 Å². The maximum Gasteiger partial charge on any atom is 0.234 e. The molecule has 0 radical (unpaired) electrons. The largest absolute Gasteiger partial charge is 0.489 e. The Hall–Kier alpha value is -1.62. The number of carbonyl (C=O) groups is 1. The Balaban J connectivity index is 1.61. The Morgan fingerprint density at radius 2 is 2.30 bits per heavy atom. The first-order valence-electron chi connectivity index (χ1n) is 7.03. The Bertz CT molecular complexity index is 449. The fourth-order valence-corrected chi connectivity index (χ4v) is 1.85. The van der Waals surface area contributed by atoms with Crippen LogP contribution < -0.4 is 15.4 Å². The molecule has 1 amide bonds. The first-order valence-corrected chi connectivity index (χ1v) is 7.03. The summed E-state index contributed by atoms with van der Waals surface area (Å²) in [5.74, 6) is 0.861. The number of hydrogen-bond donors (Lipinski definition) is 2. The van der Waals surface area contributed by atoms with Gasteiger partial charge in [0.2, 0.25) is 5.91 Å². The Morgan fingerprint density at radius 1 is 1.50 bits per heavy atom. The van der Waals surface area contributed by atoms with Crippen molar-refractivity contribution in [2.24, 2.45) is 5.92 Å². The number of halogens is 1. The van der Waals surface area contributed by atoms with Gasteiger partial charge >= 0.3 is 0 Å². The molecule has 1 atom stereocenters. The average Bonchev–Trinajstić information content (AvgIpc) is 3.20. The summed E-state index contributed by atoms with van der Waals surface area (Å²) in [6.07, 6.45) is 2.34. The number of benzene rings is 1. The molecule has 1 aromatic rings. The van der Waals surface area contributed by atoms with E-state index in [0.717, 1.165) is 12.5 Å². The van der Waals surface area contributed by atoms with E-state index in [1.807, 2.05) is 6.92 Å². The minimum Gasteiger partial charge on any atom is -0.489 e. The molecule has 110 valence electrons. The number of rotatable bonds is 8. The van der Waals surface area contributed by atoms with Crippen LogP contribution in [0, 0.1) is 11.7 Å². The summed E-state index contributed by atoms with van der Waals surface area (Å²) in [7, 11) is 0. The van der Waals surface area contributed by atoms with Crippen molar-refractivity contribution < 1.29 is 13.9 Å². The molecular formula is C15H21FN2O2. The zero-order valence-electron chi connectivity index (χ0n) is 11.7. The van der Waals surface area contributed by atoms with Crippen LogP contribution in [0.5, 0.6) is 5.75 Å². The van der Waals surface area contributed by atoms with E-state index in [2.05, 4.69) is 10.6 Å². The van der Waals surface area contributed by atoms with Crippen LogP contribution in [-0.4, -0.2) is 31.6 Å². The predicted octanol–water partition coefficient (Wildman–Crippen LogP) is 1.71. The molecular weight excluding hydrogens is 259 g/mol. The van der Waals surface area contributed by atoms with Crippen molar-refractivity contribution in [1.82, 2.24) is 10.6 Å². The maximum absolute atomic E-state index is 13.0. The average molecular weight is 280 g/mol. The second-order valence-electron chi connectivity index (χ2n) is 5.26. The first kappa shape index (κ1) is 14.8. The quantitative estimate of drug-likeness (QED) is 0.762. The molecule has 1 aliphatic rings. The fraction of sp³-hybridized carbons (Fsp3) is 0.533. The van der Waals surface area contributed by atoms with E-state index in [-0.39, 0.29) is 17.8 Å². The molecule has 0 bridgehead atoms. The van der Waals surface area contributed by atoms with Crippen molar-refractivity contribution in [3.05, 3.63) is 30.1 Å². The molecule has 1 aliphatic carbocycles. The predicted molar refractivity (Wildman–Crippen MR) is 75.1 cm³/mol. The molecule has 4 nitrogen and oxygen atoms in total. The summed E-state index contributed by atoms with van der Waals surface area (Å²) in [4.78, 5) is 11.6. The molecule has 2 N–H and O–H groups in total. The van der Waals surface area contributed by atoms with Crippen LogP contribution >= 0.6 is 0 Å². The monoisotopic (exact) mass is 280 g/mol. The summed E-state index contributed by atoms with van der Waals surface area (Å²) in [5, 5.41) is 5.92. The number of hydrogen-bond acceptors (Lipinski definition) is 3. The maximum atomic E-state index is 13.0. The van der Waals surface area contributed by atoms with Gasteiger partial charge in [-0.05, 0) is 44.4 Å². The van der Waals surface area contributed by atoms with Gasteiger partial charge in [-0.25, -0.2) is 4.39 Å². The van der Waals surface area contributed by atoms with Crippen LogP contribution in [0.4, 0.5) is 4.39 Å². The van der Waals surface area contributed by atoms with Crippen molar-refractivity contribution in [3.8, 4) is 5.75 Å². The second kappa shape index (κ2) is 7.24. The second-order valence-corrected chi connectivity index (χ2v) is 5.26. The Labute approximate surface area is 118 Å². The van der Waals surface area contributed by atoms with E-state index >= 15 is 0 Å². The minimum absolute atomic E-state index is 0.0413. The summed E-state index contributed by atoms with van der Waals surface area (Å²) < 4.78 is 18.5. The molecule has 1 saturated carbocycles. The molecule has 0 saturated heterocycles. The minimum atomic E-state index is -0.331. The summed E-state index contributed by atoms with van der Waals surface area (Å²) >= 11 is 0. The molecule has 2 rings (SSSR count). The fourth-order valence-electron chi connectivity index (χ4n) is 1.85. The van der Waals surface area contributed by atoms with Crippen LogP contribution in [0.15, 0.2) is 24.3 Å². The molecule has 1 fully saturated rings. The van der Waals surface area contributed by atoms with Gasteiger partial charge in [0.25, 0.3) is 0 Å². The van der Waals surface area contributed by atoms with E-state index in [0.29, 0.717) is 18.8 Å². The van der Waals surface area contributed by atoms with Crippen molar-refractivity contribution >= 4 is 5.91 Å². The highest BCUT2D eigenvalue weighted by atomic mass is 19.1. The summed E-state index contributed by atoms with van der Waals surface area (Å²) in [5.41, 5.74) is 0. The van der Waals surface area contributed by atoms with Gasteiger partial charge in [-0.1, -0.05) is 6.07 Å². The molecule has 5 heteroatoms. The van der Waals surface area contributed by atoms with E-state index in [4.69, 9.17) is 4.74 Å². The third kappa shape index (κ3) is 5.57. The number of amides is 1. The van der Waals surface area contributed by atoms with Gasteiger partial charge in [0.1, 0.15) is 17.7 Å². The van der Waals surface area contributed by atoms with Gasteiger partial charge in [0, 0.05) is 6.07 Å². The van der Waals surface area contributed by atoms with Gasteiger partial charge in [0.05, 0.1) is 13.1 Å². The lowest BCUT2D eigenvalue weighted by Gasteiger charge is -2.15. The van der Waals surface area contributed by atoms with Gasteiger partial charge in [-0.2, -0.15) is 0 Å². The third-order valence-corrected chi connectivity index (χ3v) is 3.14. The van der Waals surface area contributed by atoms with Gasteiger partial charge in [0.15, 0.2) is 0 Å². The van der Waals surface area contributed by atoms with Crippen molar-refractivity contribution in [2.45, 2.75) is 25.9 Å². The topological polar surface area (TPSA) is 50.4 Å². The highest BCUT2D eigenvalue weighted by Gasteiger charge is 2.20. The van der Waals surface area contributed by atoms with Crippen molar-refractivity contribution in [1.29, 1.82) is 0 Å². The van der Waals surface area contributed by atoms with Gasteiger partial charge in [-0.3, -0.25) is 4.79 Å². The molecule has 1 unspecified atom stereocenters. The SMILES string of the molecule is CC(CNC(=O)CNCC1CC1)Oc1cccc(F)c1. The third-order valence-electron chi connectivity index (χ3n) is 3.14. The van der Waals surface area contributed by atoms with E-state index in [1.165, 1.54) is 25.0 Å². The van der Waals surface area contributed by atoms with E-state index < -0.39 is 0 Å². The highest BCUT2D eigenvalue weighted by Crippen LogP contribution is 2.27. The van der Waals surface area contributed by atoms with Gasteiger partial charge < -0.3 is 15.4 Å².